The van der Waals surface area contributed by atoms with E-state index in [1.165, 1.54) is 0 Å². The molecule has 2 amide bonds. The van der Waals surface area contributed by atoms with Gasteiger partial charge in [-0.3, -0.25) is 14.3 Å². The number of aryl methyl sites for hydroxylation is 4. The van der Waals surface area contributed by atoms with E-state index in [1.54, 1.807) is 15.8 Å². The summed E-state index contributed by atoms with van der Waals surface area (Å²) in [7, 11) is 1.86. The van der Waals surface area contributed by atoms with E-state index in [-0.39, 0.29) is 11.8 Å². The van der Waals surface area contributed by atoms with E-state index in [2.05, 4.69) is 15.5 Å². The van der Waals surface area contributed by atoms with Gasteiger partial charge in [-0.2, -0.15) is 10.2 Å². The van der Waals surface area contributed by atoms with Crippen molar-refractivity contribution in [1.29, 1.82) is 0 Å². The second kappa shape index (κ2) is 9.38. The van der Waals surface area contributed by atoms with Crippen molar-refractivity contribution in [3.8, 4) is 5.69 Å². The summed E-state index contributed by atoms with van der Waals surface area (Å²) in [6, 6.07) is 9.22. The van der Waals surface area contributed by atoms with E-state index in [4.69, 9.17) is 0 Å². The highest BCUT2D eigenvalue weighted by Crippen LogP contribution is 2.21. The van der Waals surface area contributed by atoms with E-state index in [1.807, 2.05) is 62.1 Å². The van der Waals surface area contributed by atoms with Crippen molar-refractivity contribution in [3.05, 3.63) is 59.7 Å². The molecule has 8 nitrogen and oxygen atoms in total. The minimum atomic E-state index is -0.430. The molecule has 1 unspecified atom stereocenters. The number of carbonyl (C=O) groups is 2. The zero-order chi connectivity index (χ0) is 22.7. The first-order valence-electron chi connectivity index (χ1n) is 11.1. The number of piperidine rings is 1. The van der Waals surface area contributed by atoms with Gasteiger partial charge >= 0.3 is 0 Å². The standard InChI is InChI=1S/C24H30N6O2/c1-17-14-18(2)30(27-17)21-10-8-20(9-11-21)26-24(32)22-6-4-5-13-29(22)23(31)12-7-19-15-25-28(3)16-19/h8-11,14-16,22H,4-7,12-13H2,1-3H3,(H,26,32). The van der Waals surface area contributed by atoms with Crippen LogP contribution in [0.1, 0.15) is 42.6 Å². The Hall–Kier alpha value is -3.42. The van der Waals surface area contributed by atoms with Gasteiger partial charge in [-0.1, -0.05) is 0 Å². The molecule has 4 rings (SSSR count). The normalized spacial score (nSPS) is 16.2. The summed E-state index contributed by atoms with van der Waals surface area (Å²) in [5.41, 5.74) is 4.71. The third-order valence-electron chi connectivity index (χ3n) is 5.90. The molecule has 1 aliphatic heterocycles. The van der Waals surface area contributed by atoms with E-state index < -0.39 is 6.04 Å². The molecule has 0 spiro atoms. The second-order valence-corrected chi connectivity index (χ2v) is 8.50. The molecule has 1 atom stereocenters. The van der Waals surface area contributed by atoms with Crippen molar-refractivity contribution < 1.29 is 9.59 Å². The summed E-state index contributed by atoms with van der Waals surface area (Å²) in [4.78, 5) is 27.7. The van der Waals surface area contributed by atoms with Crippen LogP contribution in [-0.4, -0.2) is 48.9 Å². The van der Waals surface area contributed by atoms with Gasteiger partial charge in [-0.25, -0.2) is 4.68 Å². The Balaban J connectivity index is 1.39. The van der Waals surface area contributed by atoms with Gasteiger partial charge in [0.2, 0.25) is 11.8 Å². The van der Waals surface area contributed by atoms with Crippen LogP contribution in [0.5, 0.6) is 0 Å². The molecule has 2 aromatic heterocycles. The summed E-state index contributed by atoms with van der Waals surface area (Å²) in [6.45, 7) is 4.60. The van der Waals surface area contributed by atoms with Gasteiger partial charge in [-0.05, 0) is 75.4 Å². The van der Waals surface area contributed by atoms with Crippen LogP contribution in [0.3, 0.4) is 0 Å². The highest BCUT2D eigenvalue weighted by molar-refractivity contribution is 5.97. The second-order valence-electron chi connectivity index (χ2n) is 8.50. The van der Waals surface area contributed by atoms with Crippen LogP contribution in [0.15, 0.2) is 42.7 Å². The maximum absolute atomic E-state index is 13.0. The Morgan fingerprint density at radius 3 is 2.59 bits per heavy atom. The molecule has 32 heavy (non-hydrogen) atoms. The van der Waals surface area contributed by atoms with Crippen molar-refractivity contribution in [2.45, 2.75) is 52.0 Å². The number of amides is 2. The number of anilines is 1. The summed E-state index contributed by atoms with van der Waals surface area (Å²) >= 11 is 0. The number of likely N-dealkylation sites (tertiary alicyclic amines) is 1. The predicted molar refractivity (Wildman–Crippen MR) is 123 cm³/mol. The van der Waals surface area contributed by atoms with Crippen LogP contribution in [-0.2, 0) is 23.1 Å². The lowest BCUT2D eigenvalue weighted by atomic mass is 10.00. The average Bonchev–Trinajstić information content (AvgIpc) is 3.36. The van der Waals surface area contributed by atoms with Crippen molar-refractivity contribution in [3.63, 3.8) is 0 Å². The number of hydrogen-bond donors (Lipinski definition) is 1. The van der Waals surface area contributed by atoms with Crippen LogP contribution in [0.4, 0.5) is 5.69 Å². The molecule has 1 aliphatic rings. The van der Waals surface area contributed by atoms with Gasteiger partial charge in [0.25, 0.3) is 0 Å². The molecule has 0 bridgehead atoms. The molecule has 3 aromatic rings. The molecule has 1 N–H and O–H groups in total. The van der Waals surface area contributed by atoms with E-state index in [9.17, 15) is 9.59 Å². The molecular weight excluding hydrogens is 404 g/mol. The Morgan fingerprint density at radius 2 is 1.94 bits per heavy atom. The Morgan fingerprint density at radius 1 is 1.16 bits per heavy atom. The van der Waals surface area contributed by atoms with Gasteiger partial charge < -0.3 is 10.2 Å². The van der Waals surface area contributed by atoms with Crippen LogP contribution in [0.2, 0.25) is 0 Å². The van der Waals surface area contributed by atoms with Crippen LogP contribution in [0, 0.1) is 13.8 Å². The molecule has 8 heteroatoms. The lowest BCUT2D eigenvalue weighted by Gasteiger charge is -2.34. The van der Waals surface area contributed by atoms with E-state index in [0.717, 1.165) is 35.5 Å². The summed E-state index contributed by atoms with van der Waals surface area (Å²) < 4.78 is 3.61. The number of hydrogen-bond acceptors (Lipinski definition) is 4. The monoisotopic (exact) mass is 434 g/mol. The summed E-state index contributed by atoms with van der Waals surface area (Å²) in [5.74, 6) is -0.105. The van der Waals surface area contributed by atoms with Gasteiger partial charge in [0.1, 0.15) is 6.04 Å². The largest absolute Gasteiger partial charge is 0.331 e. The maximum Gasteiger partial charge on any atom is 0.247 e. The van der Waals surface area contributed by atoms with Crippen LogP contribution in [0.25, 0.3) is 5.69 Å². The lowest BCUT2D eigenvalue weighted by Crippen LogP contribution is -2.50. The van der Waals surface area contributed by atoms with E-state index >= 15 is 0 Å². The molecule has 3 heterocycles. The molecule has 1 saturated heterocycles. The topological polar surface area (TPSA) is 85.0 Å². The molecule has 0 radical (unpaired) electrons. The molecule has 168 valence electrons. The number of aromatic nitrogens is 4. The fraction of sp³-hybridized carbons (Fsp3) is 0.417. The van der Waals surface area contributed by atoms with Gasteiger partial charge in [0.05, 0.1) is 17.6 Å². The van der Waals surface area contributed by atoms with Crippen molar-refractivity contribution in [2.24, 2.45) is 7.05 Å². The highest BCUT2D eigenvalue weighted by Gasteiger charge is 2.31. The Kier molecular flexibility index (Phi) is 6.39. The average molecular weight is 435 g/mol. The van der Waals surface area contributed by atoms with Crippen LogP contribution < -0.4 is 5.32 Å². The number of carbonyl (C=O) groups excluding carboxylic acids is 2. The minimum Gasteiger partial charge on any atom is -0.331 e. The number of benzene rings is 1. The molecular formula is C24H30N6O2. The number of nitrogens with one attached hydrogen (secondary N) is 1. The van der Waals surface area contributed by atoms with Gasteiger partial charge in [0, 0.05) is 37.6 Å². The van der Waals surface area contributed by atoms with Crippen molar-refractivity contribution >= 4 is 17.5 Å². The zero-order valence-electron chi connectivity index (χ0n) is 18.9. The fourth-order valence-electron chi connectivity index (χ4n) is 4.30. The lowest BCUT2D eigenvalue weighted by molar-refractivity contribution is -0.140. The smallest absolute Gasteiger partial charge is 0.247 e. The zero-order valence-corrected chi connectivity index (χ0v) is 18.9. The van der Waals surface area contributed by atoms with E-state index in [0.29, 0.717) is 31.5 Å². The Bertz CT molecular complexity index is 1100. The van der Waals surface area contributed by atoms with Crippen molar-refractivity contribution in [1.82, 2.24) is 24.5 Å². The number of rotatable bonds is 6. The first-order chi connectivity index (χ1) is 15.4. The van der Waals surface area contributed by atoms with Gasteiger partial charge in [0.15, 0.2) is 0 Å². The maximum atomic E-state index is 13.0. The number of nitrogens with zero attached hydrogens (tertiary/aromatic N) is 5. The molecule has 0 aliphatic carbocycles. The first kappa shape index (κ1) is 21.8. The Labute approximate surface area is 188 Å². The fourth-order valence-corrected chi connectivity index (χ4v) is 4.30. The van der Waals surface area contributed by atoms with Gasteiger partial charge in [-0.15, -0.1) is 0 Å². The highest BCUT2D eigenvalue weighted by atomic mass is 16.2. The molecule has 1 aromatic carbocycles. The summed E-state index contributed by atoms with van der Waals surface area (Å²) in [6.07, 6.45) is 7.28. The third-order valence-corrected chi connectivity index (χ3v) is 5.90. The molecule has 1 fully saturated rings. The van der Waals surface area contributed by atoms with Crippen molar-refractivity contribution in [2.75, 3.05) is 11.9 Å². The molecule has 0 saturated carbocycles. The third kappa shape index (κ3) is 4.90. The quantitative estimate of drug-likeness (QED) is 0.646. The summed E-state index contributed by atoms with van der Waals surface area (Å²) in [5, 5.41) is 11.6. The predicted octanol–water partition coefficient (Wildman–Crippen LogP) is 3.18. The minimum absolute atomic E-state index is 0.0218. The SMILES string of the molecule is Cc1cc(C)n(-c2ccc(NC(=O)C3CCCCN3C(=O)CCc3cnn(C)c3)cc2)n1. The van der Waals surface area contributed by atoms with Crippen LogP contribution >= 0.6 is 0 Å². The first-order valence-corrected chi connectivity index (χ1v) is 11.1.